The average Bonchev–Trinajstić information content (AvgIpc) is 3.65. The summed E-state index contributed by atoms with van der Waals surface area (Å²) in [5, 5.41) is 12.9. The van der Waals surface area contributed by atoms with Gasteiger partial charge in [0.1, 0.15) is 6.10 Å². The third-order valence-corrected chi connectivity index (χ3v) is 7.68. The van der Waals surface area contributed by atoms with Gasteiger partial charge in [-0.25, -0.2) is 0 Å². The first-order valence-electron chi connectivity index (χ1n) is 13.1. The number of likely N-dealkylation sites (N-methyl/N-ethyl adjacent to an activating group) is 1. The van der Waals surface area contributed by atoms with Gasteiger partial charge in [-0.15, -0.1) is 0 Å². The van der Waals surface area contributed by atoms with Gasteiger partial charge >= 0.3 is 0 Å². The highest BCUT2D eigenvalue weighted by Gasteiger charge is 2.35. The van der Waals surface area contributed by atoms with E-state index in [1.807, 2.05) is 13.0 Å². The number of aliphatic hydroxyl groups excluding tert-OH is 1. The fourth-order valence-electron chi connectivity index (χ4n) is 5.28. The molecule has 0 unspecified atom stereocenters. The molecule has 1 aromatic carbocycles. The molecule has 1 aliphatic heterocycles. The third-order valence-electron chi connectivity index (χ3n) is 7.68. The standard InChI is InChI=1S/C27H41N3O4/c1-18-14-30(19(2)17-31)27(33)22-10-7-11-23(28-26(32)21-8-5-4-6-9-21)25(22)34-24(18)16-29(3)15-20-12-13-20/h7,10-11,18-21,24,31H,4-6,8-9,12-17H2,1-3H3,(H,28,32)/t18-,19+,24-/m1/s1. The van der Waals surface area contributed by atoms with E-state index in [4.69, 9.17) is 4.74 Å². The van der Waals surface area contributed by atoms with Crippen molar-refractivity contribution in [3.8, 4) is 5.75 Å². The second-order valence-electron chi connectivity index (χ2n) is 10.8. The van der Waals surface area contributed by atoms with Gasteiger partial charge in [-0.2, -0.15) is 0 Å². The Balaban J connectivity index is 1.64. The van der Waals surface area contributed by atoms with Crippen LogP contribution in [0.3, 0.4) is 0 Å². The van der Waals surface area contributed by atoms with E-state index in [2.05, 4.69) is 24.2 Å². The van der Waals surface area contributed by atoms with Crippen LogP contribution in [0.5, 0.6) is 5.75 Å². The molecule has 188 valence electrons. The average molecular weight is 472 g/mol. The minimum Gasteiger partial charge on any atom is -0.486 e. The number of para-hydroxylation sites is 1. The van der Waals surface area contributed by atoms with Crippen LogP contribution in [0, 0.1) is 17.8 Å². The summed E-state index contributed by atoms with van der Waals surface area (Å²) in [6.07, 6.45) is 7.62. The van der Waals surface area contributed by atoms with Gasteiger partial charge in [-0.05, 0) is 57.7 Å². The molecule has 7 nitrogen and oxygen atoms in total. The van der Waals surface area contributed by atoms with Crippen LogP contribution in [0.4, 0.5) is 5.69 Å². The molecule has 1 aromatic rings. The van der Waals surface area contributed by atoms with E-state index in [0.717, 1.165) is 44.7 Å². The van der Waals surface area contributed by atoms with E-state index in [9.17, 15) is 14.7 Å². The van der Waals surface area contributed by atoms with E-state index in [1.54, 1.807) is 17.0 Å². The number of nitrogens with one attached hydrogen (secondary N) is 1. The van der Waals surface area contributed by atoms with Crippen molar-refractivity contribution in [2.24, 2.45) is 17.8 Å². The number of anilines is 1. The number of hydrogen-bond acceptors (Lipinski definition) is 5. The number of fused-ring (bicyclic) bond motifs is 1. The van der Waals surface area contributed by atoms with E-state index >= 15 is 0 Å². The maximum atomic E-state index is 13.6. The Labute approximate surface area is 203 Å². The molecule has 2 N–H and O–H groups in total. The van der Waals surface area contributed by atoms with Crippen LogP contribution >= 0.6 is 0 Å². The quantitative estimate of drug-likeness (QED) is 0.603. The zero-order valence-corrected chi connectivity index (χ0v) is 21.0. The highest BCUT2D eigenvalue weighted by Crippen LogP contribution is 2.36. The molecule has 7 heteroatoms. The molecule has 0 saturated heterocycles. The lowest BCUT2D eigenvalue weighted by atomic mass is 9.88. The number of amides is 2. The number of rotatable bonds is 8. The van der Waals surface area contributed by atoms with Gasteiger partial charge in [0.05, 0.1) is 23.9 Å². The fraction of sp³-hybridized carbons (Fsp3) is 0.704. The Kier molecular flexibility index (Phi) is 8.14. The molecule has 2 amide bonds. The zero-order chi connectivity index (χ0) is 24.2. The summed E-state index contributed by atoms with van der Waals surface area (Å²) in [7, 11) is 2.13. The molecule has 2 aliphatic carbocycles. The summed E-state index contributed by atoms with van der Waals surface area (Å²) >= 11 is 0. The van der Waals surface area contributed by atoms with E-state index in [-0.39, 0.29) is 42.4 Å². The Morgan fingerprint density at radius 3 is 2.62 bits per heavy atom. The number of aliphatic hydroxyl groups is 1. The second-order valence-corrected chi connectivity index (χ2v) is 10.8. The molecule has 3 atom stereocenters. The number of carbonyl (C=O) groups is 2. The first-order chi connectivity index (χ1) is 16.4. The second kappa shape index (κ2) is 11.1. The predicted molar refractivity (Wildman–Crippen MR) is 133 cm³/mol. The van der Waals surface area contributed by atoms with Gasteiger partial charge in [-0.1, -0.05) is 32.3 Å². The summed E-state index contributed by atoms with van der Waals surface area (Å²) in [4.78, 5) is 30.7. The zero-order valence-electron chi connectivity index (χ0n) is 21.0. The molecule has 1 heterocycles. The molecule has 2 fully saturated rings. The van der Waals surface area contributed by atoms with Crippen molar-refractivity contribution < 1.29 is 19.4 Å². The van der Waals surface area contributed by atoms with Crippen LogP contribution in [0.2, 0.25) is 0 Å². The predicted octanol–water partition coefficient (Wildman–Crippen LogP) is 3.77. The Hall–Kier alpha value is -2.12. The van der Waals surface area contributed by atoms with Crippen molar-refractivity contribution in [1.29, 1.82) is 0 Å². The maximum absolute atomic E-state index is 13.6. The molecule has 0 aromatic heterocycles. The lowest BCUT2D eigenvalue weighted by molar-refractivity contribution is -0.120. The van der Waals surface area contributed by atoms with Crippen molar-refractivity contribution >= 4 is 17.5 Å². The molecular formula is C27H41N3O4. The lowest BCUT2D eigenvalue weighted by Crippen LogP contribution is -2.50. The van der Waals surface area contributed by atoms with E-state index < -0.39 is 0 Å². The van der Waals surface area contributed by atoms with Crippen LogP contribution < -0.4 is 10.1 Å². The van der Waals surface area contributed by atoms with Gasteiger partial charge < -0.3 is 25.0 Å². The molecule has 0 spiro atoms. The summed E-state index contributed by atoms with van der Waals surface area (Å²) < 4.78 is 6.61. The fourth-order valence-corrected chi connectivity index (χ4v) is 5.28. The number of nitrogens with zero attached hydrogens (tertiary/aromatic N) is 2. The van der Waals surface area contributed by atoms with Crippen molar-refractivity contribution in [1.82, 2.24) is 9.80 Å². The highest BCUT2D eigenvalue weighted by molar-refractivity contribution is 6.02. The number of carbonyl (C=O) groups excluding carboxylic acids is 2. The Bertz CT molecular complexity index is 865. The monoisotopic (exact) mass is 471 g/mol. The number of benzene rings is 1. The third kappa shape index (κ3) is 5.92. The van der Waals surface area contributed by atoms with Crippen molar-refractivity contribution in [2.75, 3.05) is 38.6 Å². The molecule has 4 rings (SSSR count). The first kappa shape index (κ1) is 25.0. The van der Waals surface area contributed by atoms with Crippen LogP contribution in [-0.4, -0.2) is 72.2 Å². The van der Waals surface area contributed by atoms with Crippen molar-refractivity contribution in [3.05, 3.63) is 23.8 Å². The molecule has 3 aliphatic rings. The topological polar surface area (TPSA) is 82.1 Å². The first-order valence-corrected chi connectivity index (χ1v) is 13.1. The van der Waals surface area contributed by atoms with Crippen LogP contribution in [0.25, 0.3) is 0 Å². The lowest BCUT2D eigenvalue weighted by Gasteiger charge is -2.38. The normalized spacial score (nSPS) is 24.7. The minimum atomic E-state index is -0.300. The van der Waals surface area contributed by atoms with E-state index in [1.165, 1.54) is 19.3 Å². The summed E-state index contributed by atoms with van der Waals surface area (Å²) in [5.74, 6) is 1.17. The Morgan fingerprint density at radius 1 is 1.21 bits per heavy atom. The molecule has 0 radical (unpaired) electrons. The van der Waals surface area contributed by atoms with Crippen molar-refractivity contribution in [2.45, 2.75) is 70.9 Å². The number of ether oxygens (including phenoxy) is 1. The van der Waals surface area contributed by atoms with Crippen LogP contribution in [-0.2, 0) is 4.79 Å². The van der Waals surface area contributed by atoms with Crippen molar-refractivity contribution in [3.63, 3.8) is 0 Å². The highest BCUT2D eigenvalue weighted by atomic mass is 16.5. The smallest absolute Gasteiger partial charge is 0.258 e. The number of hydrogen-bond donors (Lipinski definition) is 2. The van der Waals surface area contributed by atoms with E-state index in [0.29, 0.717) is 23.5 Å². The largest absolute Gasteiger partial charge is 0.486 e. The van der Waals surface area contributed by atoms with Crippen LogP contribution in [0.15, 0.2) is 18.2 Å². The maximum Gasteiger partial charge on any atom is 0.258 e. The van der Waals surface area contributed by atoms with Crippen LogP contribution in [0.1, 0.15) is 69.2 Å². The summed E-state index contributed by atoms with van der Waals surface area (Å²) in [6, 6.07) is 5.11. The molecule has 0 bridgehead atoms. The Morgan fingerprint density at radius 2 is 1.94 bits per heavy atom. The van der Waals surface area contributed by atoms with Gasteiger partial charge in [0.15, 0.2) is 5.75 Å². The van der Waals surface area contributed by atoms with Gasteiger partial charge in [0.2, 0.25) is 5.91 Å². The van der Waals surface area contributed by atoms with Gasteiger partial charge in [0.25, 0.3) is 5.91 Å². The molecule has 2 saturated carbocycles. The molecule has 34 heavy (non-hydrogen) atoms. The SMILES string of the molecule is C[C@@H]1CN([C@@H](C)CO)C(=O)c2cccc(NC(=O)C3CCCCC3)c2O[C@@H]1CN(C)CC1CC1. The van der Waals surface area contributed by atoms with Gasteiger partial charge in [0, 0.05) is 31.5 Å². The summed E-state index contributed by atoms with van der Waals surface area (Å²) in [5.41, 5.74) is 1.02. The molecular weight excluding hydrogens is 430 g/mol. The minimum absolute atomic E-state index is 0.0131. The summed E-state index contributed by atoms with van der Waals surface area (Å²) in [6.45, 7) is 6.19. The van der Waals surface area contributed by atoms with Gasteiger partial charge in [-0.3, -0.25) is 9.59 Å².